The first-order chi connectivity index (χ1) is 14.6. The maximum absolute atomic E-state index is 13.3. The van der Waals surface area contributed by atoms with Gasteiger partial charge in [0.15, 0.2) is 0 Å². The summed E-state index contributed by atoms with van der Waals surface area (Å²) in [7, 11) is 3.99. The Balaban J connectivity index is 1.48. The highest BCUT2D eigenvalue weighted by molar-refractivity contribution is 5.95. The molecule has 6 heteroatoms. The van der Waals surface area contributed by atoms with Crippen molar-refractivity contribution in [2.24, 2.45) is 0 Å². The molecule has 1 aliphatic carbocycles. The number of ether oxygens (including phenoxy) is 1. The van der Waals surface area contributed by atoms with Gasteiger partial charge in [0.05, 0.1) is 13.2 Å². The van der Waals surface area contributed by atoms with Crippen LogP contribution >= 0.6 is 0 Å². The second-order valence-corrected chi connectivity index (χ2v) is 8.63. The lowest BCUT2D eigenvalue weighted by molar-refractivity contribution is -0.135. The first-order valence-electron chi connectivity index (χ1n) is 10.9. The molecular weight excluding hydrogens is 376 g/mol. The van der Waals surface area contributed by atoms with E-state index in [1.54, 1.807) is 6.20 Å². The molecule has 1 aromatic heterocycles. The summed E-state index contributed by atoms with van der Waals surface area (Å²) in [4.78, 5) is 21.5. The number of nitrogens with one attached hydrogen (secondary N) is 1. The van der Waals surface area contributed by atoms with E-state index in [0.717, 1.165) is 37.1 Å². The minimum absolute atomic E-state index is 0.0953. The van der Waals surface area contributed by atoms with Crippen molar-refractivity contribution < 1.29 is 9.53 Å². The van der Waals surface area contributed by atoms with Gasteiger partial charge in [-0.2, -0.15) is 0 Å². The zero-order chi connectivity index (χ0) is 21.0. The predicted molar refractivity (Wildman–Crippen MR) is 119 cm³/mol. The van der Waals surface area contributed by atoms with Gasteiger partial charge in [0, 0.05) is 56.9 Å². The summed E-state index contributed by atoms with van der Waals surface area (Å²) in [6.45, 7) is 2.64. The monoisotopic (exact) mass is 408 g/mol. The fourth-order valence-electron chi connectivity index (χ4n) is 4.68. The molecule has 1 aromatic carbocycles. The Labute approximate surface area is 179 Å². The third-order valence-electron chi connectivity index (χ3n) is 6.36. The SMILES string of the molecule is CN(C)c1cccc(C(=O)N2CCO[C@]3(CCCC[C@H]3NCc3cccnc3)C2)c1. The Morgan fingerprint density at radius 3 is 3.00 bits per heavy atom. The maximum Gasteiger partial charge on any atom is 0.254 e. The highest BCUT2D eigenvalue weighted by Gasteiger charge is 2.46. The van der Waals surface area contributed by atoms with Crippen LogP contribution in [0.5, 0.6) is 0 Å². The molecule has 30 heavy (non-hydrogen) atoms. The summed E-state index contributed by atoms with van der Waals surface area (Å²) in [6.07, 6.45) is 8.08. The average Bonchev–Trinajstić information content (AvgIpc) is 2.79. The largest absolute Gasteiger partial charge is 0.378 e. The van der Waals surface area contributed by atoms with Crippen LogP contribution in [0.4, 0.5) is 5.69 Å². The number of carbonyl (C=O) groups excluding carboxylic acids is 1. The Kier molecular flexibility index (Phi) is 6.35. The Morgan fingerprint density at radius 1 is 1.30 bits per heavy atom. The lowest BCUT2D eigenvalue weighted by Crippen LogP contribution is -2.64. The van der Waals surface area contributed by atoms with E-state index in [-0.39, 0.29) is 17.6 Å². The standard InChI is InChI=1S/C24H32N4O2/c1-27(2)21-9-5-8-20(15-21)23(29)28-13-14-30-24(18-28)11-4-3-10-22(24)26-17-19-7-6-12-25-16-19/h5-9,12,15-16,22,26H,3-4,10-11,13-14,17-18H2,1-2H3/t22-,24-/m1/s1. The quantitative estimate of drug-likeness (QED) is 0.824. The molecule has 6 nitrogen and oxygen atoms in total. The maximum atomic E-state index is 13.3. The van der Waals surface area contributed by atoms with Gasteiger partial charge < -0.3 is 19.9 Å². The molecule has 1 aliphatic heterocycles. The van der Waals surface area contributed by atoms with E-state index < -0.39 is 0 Å². The van der Waals surface area contributed by atoms with Gasteiger partial charge in [-0.25, -0.2) is 0 Å². The normalized spacial score (nSPS) is 24.1. The van der Waals surface area contributed by atoms with E-state index in [9.17, 15) is 4.79 Å². The molecule has 2 atom stereocenters. The molecule has 1 amide bonds. The van der Waals surface area contributed by atoms with Gasteiger partial charge in [-0.1, -0.05) is 25.0 Å². The molecule has 2 aromatic rings. The number of rotatable bonds is 5. The van der Waals surface area contributed by atoms with Crippen molar-refractivity contribution in [3.8, 4) is 0 Å². The second-order valence-electron chi connectivity index (χ2n) is 8.63. The molecule has 2 fully saturated rings. The molecule has 160 valence electrons. The highest BCUT2D eigenvalue weighted by atomic mass is 16.5. The van der Waals surface area contributed by atoms with E-state index in [0.29, 0.717) is 19.7 Å². The van der Waals surface area contributed by atoms with Gasteiger partial charge in [-0.05, 0) is 42.7 Å². The van der Waals surface area contributed by atoms with Crippen LogP contribution in [0.1, 0.15) is 41.6 Å². The summed E-state index contributed by atoms with van der Waals surface area (Å²) in [5.74, 6) is 0.0953. The van der Waals surface area contributed by atoms with Gasteiger partial charge in [-0.3, -0.25) is 9.78 Å². The zero-order valence-corrected chi connectivity index (χ0v) is 18.0. The van der Waals surface area contributed by atoms with Crippen LogP contribution in [0.15, 0.2) is 48.8 Å². The van der Waals surface area contributed by atoms with Crippen LogP contribution in [-0.4, -0.2) is 61.2 Å². The van der Waals surface area contributed by atoms with Crippen LogP contribution in [0.3, 0.4) is 0 Å². The van der Waals surface area contributed by atoms with Crippen molar-refractivity contribution in [1.29, 1.82) is 0 Å². The lowest BCUT2D eigenvalue weighted by atomic mass is 9.78. The zero-order valence-electron chi connectivity index (χ0n) is 18.0. The Hall–Kier alpha value is -2.44. The molecule has 1 saturated heterocycles. The van der Waals surface area contributed by atoms with Crippen molar-refractivity contribution in [3.05, 3.63) is 59.9 Å². The molecular formula is C24H32N4O2. The van der Waals surface area contributed by atoms with Crippen LogP contribution in [0.25, 0.3) is 0 Å². The molecule has 0 bridgehead atoms. The van der Waals surface area contributed by atoms with Crippen molar-refractivity contribution in [2.75, 3.05) is 38.7 Å². The van der Waals surface area contributed by atoms with E-state index in [2.05, 4.69) is 16.4 Å². The first kappa shape index (κ1) is 20.8. The minimum Gasteiger partial charge on any atom is -0.378 e. The van der Waals surface area contributed by atoms with Gasteiger partial charge in [-0.15, -0.1) is 0 Å². The number of pyridine rings is 1. The number of nitrogens with zero attached hydrogens (tertiary/aromatic N) is 3. The summed E-state index contributed by atoms with van der Waals surface area (Å²) in [5, 5.41) is 3.71. The highest BCUT2D eigenvalue weighted by Crippen LogP contribution is 2.35. The minimum atomic E-state index is -0.312. The smallest absolute Gasteiger partial charge is 0.254 e. The lowest BCUT2D eigenvalue weighted by Gasteiger charge is -2.49. The number of morpholine rings is 1. The molecule has 1 saturated carbocycles. The third kappa shape index (κ3) is 4.50. The van der Waals surface area contributed by atoms with E-state index >= 15 is 0 Å². The number of hydrogen-bond acceptors (Lipinski definition) is 5. The number of amides is 1. The number of anilines is 1. The summed E-state index contributed by atoms with van der Waals surface area (Å²) >= 11 is 0. The molecule has 2 heterocycles. The first-order valence-corrected chi connectivity index (χ1v) is 10.9. The topological polar surface area (TPSA) is 57.7 Å². The number of aromatic nitrogens is 1. The van der Waals surface area contributed by atoms with Gasteiger partial charge in [0.25, 0.3) is 5.91 Å². The molecule has 0 radical (unpaired) electrons. The van der Waals surface area contributed by atoms with Gasteiger partial charge in [0.1, 0.15) is 5.60 Å². The Bertz CT molecular complexity index is 853. The van der Waals surface area contributed by atoms with Crippen molar-refractivity contribution in [1.82, 2.24) is 15.2 Å². The molecule has 4 rings (SSSR count). The summed E-state index contributed by atoms with van der Waals surface area (Å²) in [5.41, 5.74) is 2.64. The van der Waals surface area contributed by atoms with E-state index in [1.807, 2.05) is 60.4 Å². The fourth-order valence-corrected chi connectivity index (χ4v) is 4.68. The Morgan fingerprint density at radius 2 is 2.20 bits per heavy atom. The van der Waals surface area contributed by atoms with Crippen molar-refractivity contribution in [3.63, 3.8) is 0 Å². The predicted octanol–water partition coefficient (Wildman–Crippen LogP) is 3.09. The third-order valence-corrected chi connectivity index (χ3v) is 6.36. The number of carbonyl (C=O) groups is 1. The molecule has 0 unspecified atom stereocenters. The number of hydrogen-bond donors (Lipinski definition) is 1. The fraction of sp³-hybridized carbons (Fsp3) is 0.500. The second kappa shape index (κ2) is 9.14. The molecule has 2 aliphatic rings. The van der Waals surface area contributed by atoms with E-state index in [1.165, 1.54) is 12.0 Å². The summed E-state index contributed by atoms with van der Waals surface area (Å²) in [6, 6.07) is 12.2. The van der Waals surface area contributed by atoms with Crippen LogP contribution in [0.2, 0.25) is 0 Å². The van der Waals surface area contributed by atoms with E-state index in [4.69, 9.17) is 4.74 Å². The van der Waals surface area contributed by atoms with Crippen LogP contribution < -0.4 is 10.2 Å². The molecule has 1 spiro atoms. The van der Waals surface area contributed by atoms with Gasteiger partial charge in [0.2, 0.25) is 0 Å². The van der Waals surface area contributed by atoms with Crippen molar-refractivity contribution >= 4 is 11.6 Å². The average molecular weight is 409 g/mol. The van der Waals surface area contributed by atoms with Crippen molar-refractivity contribution in [2.45, 2.75) is 43.9 Å². The summed E-state index contributed by atoms with van der Waals surface area (Å²) < 4.78 is 6.41. The number of benzene rings is 1. The molecule has 1 N–H and O–H groups in total. The van der Waals surface area contributed by atoms with Crippen LogP contribution in [0, 0.1) is 0 Å². The van der Waals surface area contributed by atoms with Gasteiger partial charge >= 0.3 is 0 Å². The van der Waals surface area contributed by atoms with Crippen LogP contribution in [-0.2, 0) is 11.3 Å².